The van der Waals surface area contributed by atoms with Crippen LogP contribution >= 0.6 is 0 Å². The minimum absolute atomic E-state index is 0.0257. The lowest BCUT2D eigenvalue weighted by molar-refractivity contribution is 0.112. The number of aliphatic hydroxyl groups is 1. The molecule has 2 fully saturated rings. The van der Waals surface area contributed by atoms with Crippen LogP contribution in [0.5, 0.6) is 0 Å². The van der Waals surface area contributed by atoms with Gasteiger partial charge in [0.25, 0.3) is 0 Å². The standard InChI is InChI=1S/C19H30N2O3/c1-2-16-11-12-18(24-16)17-6-4-3-5-13-21(17)19(23)20-14-7-9-15(22)10-8-14/h11-12,14-15,17,22H,2-10,13H2,1H3,(H,20,23)/t14?,15?,17-/m0/s1. The van der Waals surface area contributed by atoms with E-state index in [1.165, 1.54) is 0 Å². The minimum atomic E-state index is -0.195. The number of likely N-dealkylation sites (tertiary alicyclic amines) is 1. The molecule has 1 saturated carbocycles. The number of hydrogen-bond acceptors (Lipinski definition) is 3. The first kappa shape index (κ1) is 17.3. The van der Waals surface area contributed by atoms with Crippen molar-refractivity contribution in [3.63, 3.8) is 0 Å². The maximum atomic E-state index is 12.9. The van der Waals surface area contributed by atoms with E-state index in [1.54, 1.807) is 0 Å². The molecule has 0 bridgehead atoms. The van der Waals surface area contributed by atoms with Crippen molar-refractivity contribution in [2.75, 3.05) is 6.54 Å². The van der Waals surface area contributed by atoms with Gasteiger partial charge >= 0.3 is 6.03 Å². The van der Waals surface area contributed by atoms with E-state index >= 15 is 0 Å². The van der Waals surface area contributed by atoms with Crippen molar-refractivity contribution in [3.8, 4) is 0 Å². The smallest absolute Gasteiger partial charge is 0.318 e. The summed E-state index contributed by atoms with van der Waals surface area (Å²) in [5.41, 5.74) is 0. The molecular formula is C19H30N2O3. The average molecular weight is 334 g/mol. The number of amides is 2. The third-order valence-corrected chi connectivity index (χ3v) is 5.40. The molecule has 5 heteroatoms. The van der Waals surface area contributed by atoms with Crippen LogP contribution in [0.2, 0.25) is 0 Å². The first-order chi connectivity index (χ1) is 11.7. The lowest BCUT2D eigenvalue weighted by Crippen LogP contribution is -2.47. The molecule has 1 aliphatic heterocycles. The molecule has 2 heterocycles. The van der Waals surface area contributed by atoms with Gasteiger partial charge in [0.05, 0.1) is 12.1 Å². The number of urea groups is 1. The van der Waals surface area contributed by atoms with Gasteiger partial charge in [0.15, 0.2) is 0 Å². The summed E-state index contributed by atoms with van der Waals surface area (Å²) in [5, 5.41) is 12.8. The van der Waals surface area contributed by atoms with E-state index in [9.17, 15) is 9.90 Å². The molecule has 0 unspecified atom stereocenters. The molecule has 0 spiro atoms. The fourth-order valence-corrected chi connectivity index (χ4v) is 3.89. The van der Waals surface area contributed by atoms with Crippen LogP contribution in [0.1, 0.15) is 75.9 Å². The Morgan fingerprint density at radius 3 is 2.71 bits per heavy atom. The van der Waals surface area contributed by atoms with Gasteiger partial charge in [-0.2, -0.15) is 0 Å². The zero-order valence-corrected chi connectivity index (χ0v) is 14.7. The number of nitrogens with zero attached hydrogens (tertiary/aromatic N) is 1. The number of carbonyl (C=O) groups is 1. The second-order valence-electron chi connectivity index (χ2n) is 7.17. The quantitative estimate of drug-likeness (QED) is 0.884. The van der Waals surface area contributed by atoms with Crippen LogP contribution in [-0.4, -0.2) is 34.7 Å². The van der Waals surface area contributed by atoms with E-state index in [2.05, 4.69) is 12.2 Å². The predicted molar refractivity (Wildman–Crippen MR) is 92.8 cm³/mol. The van der Waals surface area contributed by atoms with E-state index in [4.69, 9.17) is 4.42 Å². The number of aryl methyl sites for hydroxylation is 1. The van der Waals surface area contributed by atoms with Gasteiger partial charge in [0.1, 0.15) is 11.5 Å². The van der Waals surface area contributed by atoms with Gasteiger partial charge < -0.3 is 19.7 Å². The molecule has 2 N–H and O–H groups in total. The van der Waals surface area contributed by atoms with E-state index in [0.29, 0.717) is 0 Å². The average Bonchev–Trinajstić information content (AvgIpc) is 2.93. The summed E-state index contributed by atoms with van der Waals surface area (Å²) < 4.78 is 5.96. The largest absolute Gasteiger partial charge is 0.464 e. The van der Waals surface area contributed by atoms with Crippen molar-refractivity contribution in [1.82, 2.24) is 10.2 Å². The Morgan fingerprint density at radius 1 is 1.21 bits per heavy atom. The van der Waals surface area contributed by atoms with Gasteiger partial charge in [-0.3, -0.25) is 0 Å². The van der Waals surface area contributed by atoms with Crippen LogP contribution in [-0.2, 0) is 6.42 Å². The number of carbonyl (C=O) groups excluding carboxylic acids is 1. The predicted octanol–water partition coefficient (Wildman–Crippen LogP) is 3.77. The third-order valence-electron chi connectivity index (χ3n) is 5.40. The van der Waals surface area contributed by atoms with Gasteiger partial charge in [-0.25, -0.2) is 4.79 Å². The molecule has 134 valence electrons. The highest BCUT2D eigenvalue weighted by Crippen LogP contribution is 2.32. The Morgan fingerprint density at radius 2 is 2.00 bits per heavy atom. The van der Waals surface area contributed by atoms with Crippen LogP contribution < -0.4 is 5.32 Å². The lowest BCUT2D eigenvalue weighted by atomic mass is 9.93. The van der Waals surface area contributed by atoms with Crippen molar-refractivity contribution in [1.29, 1.82) is 0 Å². The zero-order chi connectivity index (χ0) is 16.9. The fraction of sp³-hybridized carbons (Fsp3) is 0.737. The van der Waals surface area contributed by atoms with Gasteiger partial charge in [-0.05, 0) is 50.7 Å². The summed E-state index contributed by atoms with van der Waals surface area (Å²) >= 11 is 0. The maximum absolute atomic E-state index is 12.9. The fourth-order valence-electron chi connectivity index (χ4n) is 3.89. The summed E-state index contributed by atoms with van der Waals surface area (Å²) in [6, 6.07) is 4.32. The zero-order valence-electron chi connectivity index (χ0n) is 14.7. The van der Waals surface area contributed by atoms with Gasteiger partial charge in [-0.15, -0.1) is 0 Å². The van der Waals surface area contributed by atoms with Crippen molar-refractivity contribution < 1.29 is 14.3 Å². The number of hydrogen-bond donors (Lipinski definition) is 2. The molecule has 1 atom stereocenters. The van der Waals surface area contributed by atoms with Gasteiger partial charge in [0, 0.05) is 19.0 Å². The molecule has 1 aromatic heterocycles. The first-order valence-electron chi connectivity index (χ1n) is 9.51. The van der Waals surface area contributed by atoms with Crippen LogP contribution in [0.4, 0.5) is 4.79 Å². The molecule has 5 nitrogen and oxygen atoms in total. The minimum Gasteiger partial charge on any atom is -0.464 e. The highest BCUT2D eigenvalue weighted by atomic mass is 16.3. The molecule has 0 radical (unpaired) electrons. The van der Waals surface area contributed by atoms with E-state index in [1.807, 2.05) is 17.0 Å². The molecule has 2 amide bonds. The third kappa shape index (κ3) is 4.12. The van der Waals surface area contributed by atoms with Crippen LogP contribution in [0, 0.1) is 0 Å². The van der Waals surface area contributed by atoms with Crippen molar-refractivity contribution in [2.45, 2.75) is 82.9 Å². The second-order valence-corrected chi connectivity index (χ2v) is 7.17. The molecule has 3 rings (SSSR count). The van der Waals surface area contributed by atoms with Gasteiger partial charge in [-0.1, -0.05) is 19.8 Å². The molecule has 1 aromatic rings. The summed E-state index contributed by atoms with van der Waals surface area (Å²) in [5.74, 6) is 1.90. The summed E-state index contributed by atoms with van der Waals surface area (Å²) in [6.07, 6.45) is 8.30. The number of aliphatic hydroxyl groups excluding tert-OH is 1. The summed E-state index contributed by atoms with van der Waals surface area (Å²) in [7, 11) is 0. The molecule has 24 heavy (non-hydrogen) atoms. The van der Waals surface area contributed by atoms with Gasteiger partial charge in [0.2, 0.25) is 0 Å². The number of rotatable bonds is 3. The van der Waals surface area contributed by atoms with Crippen molar-refractivity contribution in [2.24, 2.45) is 0 Å². The summed E-state index contributed by atoms with van der Waals surface area (Å²) in [4.78, 5) is 14.8. The maximum Gasteiger partial charge on any atom is 0.318 e. The summed E-state index contributed by atoms with van der Waals surface area (Å²) in [6.45, 7) is 2.87. The Kier molecular flexibility index (Phi) is 5.82. The SMILES string of the molecule is CCc1ccc([C@@H]2CCCCCN2C(=O)NC2CCC(O)CC2)o1. The first-order valence-corrected chi connectivity index (χ1v) is 9.51. The molecule has 0 aromatic carbocycles. The van der Waals surface area contributed by atoms with Crippen molar-refractivity contribution in [3.05, 3.63) is 23.7 Å². The lowest BCUT2D eigenvalue weighted by Gasteiger charge is -2.32. The molecule has 1 aliphatic carbocycles. The number of nitrogens with one attached hydrogen (secondary N) is 1. The van der Waals surface area contributed by atoms with E-state index in [-0.39, 0.29) is 24.2 Å². The normalized spacial score (nSPS) is 28.4. The highest BCUT2D eigenvalue weighted by Gasteiger charge is 2.31. The molecule has 1 saturated heterocycles. The monoisotopic (exact) mass is 334 g/mol. The topological polar surface area (TPSA) is 65.7 Å². The highest BCUT2D eigenvalue weighted by molar-refractivity contribution is 5.75. The van der Waals surface area contributed by atoms with E-state index in [0.717, 1.165) is 75.9 Å². The second kappa shape index (κ2) is 8.06. The Balaban J connectivity index is 1.68. The Hall–Kier alpha value is -1.49. The Bertz CT molecular complexity index is 534. The van der Waals surface area contributed by atoms with Crippen LogP contribution in [0.3, 0.4) is 0 Å². The Labute approximate surface area is 144 Å². The number of furan rings is 1. The van der Waals surface area contributed by atoms with E-state index < -0.39 is 0 Å². The van der Waals surface area contributed by atoms with Crippen molar-refractivity contribution >= 4 is 6.03 Å². The molecular weight excluding hydrogens is 304 g/mol. The molecule has 2 aliphatic rings. The van der Waals surface area contributed by atoms with Crippen LogP contribution in [0.15, 0.2) is 16.5 Å². The van der Waals surface area contributed by atoms with Crippen LogP contribution in [0.25, 0.3) is 0 Å².